The molecule has 4 heteroatoms. The van der Waals surface area contributed by atoms with E-state index in [4.69, 9.17) is 17.3 Å². The fourth-order valence-corrected chi connectivity index (χ4v) is 4.68. The fourth-order valence-electron chi connectivity index (χ4n) is 2.90. The Balaban J connectivity index is 2.09. The lowest BCUT2D eigenvalue weighted by Crippen LogP contribution is -2.42. The summed E-state index contributed by atoms with van der Waals surface area (Å²) in [5, 5.41) is 0.768. The molecule has 2 N–H and O–H groups in total. The second-order valence-electron chi connectivity index (χ2n) is 5.42. The van der Waals surface area contributed by atoms with Gasteiger partial charge in [0.15, 0.2) is 0 Å². The third-order valence-electron chi connectivity index (χ3n) is 3.97. The summed E-state index contributed by atoms with van der Waals surface area (Å²) in [6, 6.07) is 7.37. The van der Waals surface area contributed by atoms with Crippen LogP contribution >= 0.6 is 11.6 Å². The monoisotopic (exact) mass is 299 g/mol. The Morgan fingerprint density at radius 3 is 2.63 bits per heavy atom. The quantitative estimate of drug-likeness (QED) is 0.920. The molecule has 4 unspecified atom stereocenters. The molecule has 1 aliphatic rings. The number of rotatable bonds is 4. The molecule has 0 aromatic heterocycles. The van der Waals surface area contributed by atoms with E-state index in [9.17, 15) is 4.21 Å². The predicted octanol–water partition coefficient (Wildman–Crippen LogP) is 3.74. The molecule has 106 valence electrons. The number of benzene rings is 1. The Morgan fingerprint density at radius 2 is 2.00 bits per heavy atom. The van der Waals surface area contributed by atoms with Crippen LogP contribution in [-0.2, 0) is 10.8 Å². The number of nitrogens with two attached hydrogens (primary N) is 1. The highest BCUT2D eigenvalue weighted by atomic mass is 35.5. The van der Waals surface area contributed by atoms with E-state index in [1.165, 1.54) is 19.3 Å². The van der Waals surface area contributed by atoms with Gasteiger partial charge in [0.05, 0.1) is 16.0 Å². The van der Waals surface area contributed by atoms with Gasteiger partial charge in [0.25, 0.3) is 0 Å². The number of hydrogen-bond donors (Lipinski definition) is 1. The Morgan fingerprint density at radius 1 is 1.32 bits per heavy atom. The molecule has 1 aromatic carbocycles. The van der Waals surface area contributed by atoms with E-state index in [2.05, 4.69) is 6.92 Å². The van der Waals surface area contributed by atoms with Gasteiger partial charge in [-0.05, 0) is 49.4 Å². The van der Waals surface area contributed by atoms with Crippen molar-refractivity contribution in [2.24, 2.45) is 11.7 Å². The minimum atomic E-state index is -1.02. The second-order valence-corrected chi connectivity index (χ2v) is 7.53. The van der Waals surface area contributed by atoms with Gasteiger partial charge < -0.3 is 5.73 Å². The van der Waals surface area contributed by atoms with Crippen LogP contribution in [0.1, 0.15) is 39.0 Å². The zero-order chi connectivity index (χ0) is 13.8. The van der Waals surface area contributed by atoms with Gasteiger partial charge in [-0.2, -0.15) is 0 Å². The first kappa shape index (κ1) is 15.0. The lowest BCUT2D eigenvalue weighted by atomic mass is 9.83. The van der Waals surface area contributed by atoms with E-state index >= 15 is 0 Å². The summed E-state index contributed by atoms with van der Waals surface area (Å²) >= 11 is 5.87. The Bertz CT molecular complexity index is 434. The number of hydrogen-bond acceptors (Lipinski definition) is 2. The van der Waals surface area contributed by atoms with Crippen molar-refractivity contribution in [2.75, 3.05) is 0 Å². The maximum atomic E-state index is 12.7. The molecule has 0 radical (unpaired) electrons. The molecule has 0 aliphatic heterocycles. The van der Waals surface area contributed by atoms with Crippen molar-refractivity contribution in [3.8, 4) is 0 Å². The van der Waals surface area contributed by atoms with E-state index in [1.807, 2.05) is 12.1 Å². The van der Waals surface area contributed by atoms with Crippen molar-refractivity contribution in [3.05, 3.63) is 29.3 Å². The van der Waals surface area contributed by atoms with Crippen molar-refractivity contribution in [3.63, 3.8) is 0 Å². The minimum Gasteiger partial charge on any atom is -0.327 e. The molecule has 2 nitrogen and oxygen atoms in total. The first-order chi connectivity index (χ1) is 9.11. The molecule has 1 saturated carbocycles. The average Bonchev–Trinajstić information content (AvgIpc) is 2.41. The topological polar surface area (TPSA) is 43.1 Å². The molecule has 0 amide bonds. The Kier molecular flexibility index (Phi) is 5.43. The summed E-state index contributed by atoms with van der Waals surface area (Å²) in [5.41, 5.74) is 6.19. The van der Waals surface area contributed by atoms with Gasteiger partial charge in [-0.15, -0.1) is 0 Å². The van der Waals surface area contributed by atoms with Crippen LogP contribution < -0.4 is 5.73 Å². The molecule has 0 saturated heterocycles. The molecule has 1 fully saturated rings. The number of halogens is 1. The van der Waals surface area contributed by atoms with Gasteiger partial charge in [-0.1, -0.05) is 31.4 Å². The van der Waals surface area contributed by atoms with Gasteiger partial charge in [0, 0.05) is 16.0 Å². The lowest BCUT2D eigenvalue weighted by Gasteiger charge is -2.33. The summed E-state index contributed by atoms with van der Waals surface area (Å²) in [6.07, 6.45) is 5.59. The average molecular weight is 300 g/mol. The van der Waals surface area contributed by atoms with E-state index in [0.29, 0.717) is 10.9 Å². The summed E-state index contributed by atoms with van der Waals surface area (Å²) in [6.45, 7) is 2.21. The van der Waals surface area contributed by atoms with E-state index in [-0.39, 0.29) is 11.3 Å². The maximum absolute atomic E-state index is 12.7. The molecule has 0 spiro atoms. The van der Waals surface area contributed by atoms with Crippen LogP contribution in [0.15, 0.2) is 29.2 Å². The summed E-state index contributed by atoms with van der Waals surface area (Å²) in [7, 11) is -1.02. The standard InChI is InChI=1S/C15H22ClNOS/c1-2-3-11-4-9-14(17)15(10-11)19(18)13-7-5-12(16)6-8-13/h5-8,11,14-15H,2-4,9-10,17H2,1H3. The van der Waals surface area contributed by atoms with Crippen LogP contribution in [0.2, 0.25) is 5.02 Å². The van der Waals surface area contributed by atoms with Crippen LogP contribution in [0.25, 0.3) is 0 Å². The van der Waals surface area contributed by atoms with Crippen molar-refractivity contribution in [1.82, 2.24) is 0 Å². The van der Waals surface area contributed by atoms with Gasteiger partial charge in [0.2, 0.25) is 0 Å². The Hall–Kier alpha value is -0.380. The van der Waals surface area contributed by atoms with Crippen molar-refractivity contribution in [1.29, 1.82) is 0 Å². The van der Waals surface area contributed by atoms with Gasteiger partial charge >= 0.3 is 0 Å². The fraction of sp³-hybridized carbons (Fsp3) is 0.600. The zero-order valence-electron chi connectivity index (χ0n) is 11.3. The molecular formula is C15H22ClNOS. The first-order valence-corrected chi connectivity index (χ1v) is 8.62. The SMILES string of the molecule is CCCC1CCC(N)C(S(=O)c2ccc(Cl)cc2)C1. The highest BCUT2D eigenvalue weighted by Gasteiger charge is 2.32. The molecular weight excluding hydrogens is 278 g/mol. The normalized spacial score (nSPS) is 29.1. The highest BCUT2D eigenvalue weighted by molar-refractivity contribution is 7.85. The molecule has 4 atom stereocenters. The molecule has 19 heavy (non-hydrogen) atoms. The lowest BCUT2D eigenvalue weighted by molar-refractivity contribution is 0.313. The maximum Gasteiger partial charge on any atom is 0.0576 e. The van der Waals surface area contributed by atoms with Crippen molar-refractivity contribution in [2.45, 2.75) is 55.2 Å². The van der Waals surface area contributed by atoms with Crippen LogP contribution in [0, 0.1) is 5.92 Å². The molecule has 1 aliphatic carbocycles. The third-order valence-corrected chi connectivity index (χ3v) is 6.05. The smallest absolute Gasteiger partial charge is 0.0576 e. The largest absolute Gasteiger partial charge is 0.327 e. The summed E-state index contributed by atoms with van der Waals surface area (Å²) in [4.78, 5) is 0.849. The van der Waals surface area contributed by atoms with E-state index in [0.717, 1.165) is 17.7 Å². The van der Waals surface area contributed by atoms with Crippen molar-refractivity contribution >= 4 is 22.4 Å². The van der Waals surface area contributed by atoms with E-state index in [1.54, 1.807) is 12.1 Å². The van der Waals surface area contributed by atoms with E-state index < -0.39 is 10.8 Å². The first-order valence-electron chi connectivity index (χ1n) is 7.03. The zero-order valence-corrected chi connectivity index (χ0v) is 12.9. The molecule has 1 aromatic rings. The second kappa shape index (κ2) is 6.87. The van der Waals surface area contributed by atoms with Crippen molar-refractivity contribution < 1.29 is 4.21 Å². The van der Waals surface area contributed by atoms with Crippen LogP contribution in [0.3, 0.4) is 0 Å². The Labute approximate surface area is 123 Å². The van der Waals surface area contributed by atoms with Crippen LogP contribution in [0.5, 0.6) is 0 Å². The summed E-state index contributed by atoms with van der Waals surface area (Å²) < 4.78 is 12.7. The van der Waals surface area contributed by atoms with Gasteiger partial charge in [-0.25, -0.2) is 0 Å². The minimum absolute atomic E-state index is 0.0598. The molecule has 2 rings (SSSR count). The molecule has 0 heterocycles. The third kappa shape index (κ3) is 3.80. The van der Waals surface area contributed by atoms with Crippen LogP contribution in [0.4, 0.5) is 0 Å². The summed E-state index contributed by atoms with van der Waals surface area (Å²) in [5.74, 6) is 0.686. The van der Waals surface area contributed by atoms with Gasteiger partial charge in [-0.3, -0.25) is 4.21 Å². The van der Waals surface area contributed by atoms with Gasteiger partial charge in [0.1, 0.15) is 0 Å². The molecule has 0 bridgehead atoms. The highest BCUT2D eigenvalue weighted by Crippen LogP contribution is 2.32. The predicted molar refractivity (Wildman–Crippen MR) is 81.9 cm³/mol. The van der Waals surface area contributed by atoms with Crippen LogP contribution in [-0.4, -0.2) is 15.5 Å².